The van der Waals surface area contributed by atoms with Crippen LogP contribution in [0.15, 0.2) is 29.1 Å². The zero-order chi connectivity index (χ0) is 12.4. The van der Waals surface area contributed by atoms with E-state index >= 15 is 0 Å². The Labute approximate surface area is 103 Å². The molecule has 1 unspecified atom stereocenters. The molecule has 2 N–H and O–H groups in total. The van der Waals surface area contributed by atoms with E-state index in [1.54, 1.807) is 7.11 Å². The van der Waals surface area contributed by atoms with Gasteiger partial charge < -0.3 is 4.74 Å². The predicted octanol–water partition coefficient (Wildman–Crippen LogP) is 1.85. The summed E-state index contributed by atoms with van der Waals surface area (Å²) in [4.78, 5) is 11.6. The van der Waals surface area contributed by atoms with Crippen LogP contribution < -0.4 is 10.4 Å². The van der Waals surface area contributed by atoms with Gasteiger partial charge in [-0.1, -0.05) is 12.1 Å². The fraction of sp³-hybridized carbons (Fsp3) is 0.273. The number of hydrogen-bond donors (Lipinski definition) is 2. The summed E-state index contributed by atoms with van der Waals surface area (Å²) in [5.41, 5.74) is 0.755. The second-order valence-corrected chi connectivity index (χ2v) is 4.07. The Morgan fingerprint density at radius 2 is 1.94 bits per heavy atom. The average Bonchev–Trinajstić information content (AvgIpc) is 2.68. The van der Waals surface area contributed by atoms with Crippen LogP contribution >= 0.6 is 12.2 Å². The SMILES string of the molecule is COc1ccc(C(C)n2c(=O)[nH][nH]c2=S)cc1. The molecule has 2 rings (SSSR count). The van der Waals surface area contributed by atoms with Crippen molar-refractivity contribution in [2.45, 2.75) is 13.0 Å². The highest BCUT2D eigenvalue weighted by molar-refractivity contribution is 7.71. The maximum absolute atomic E-state index is 11.6. The van der Waals surface area contributed by atoms with E-state index in [9.17, 15) is 4.79 Å². The van der Waals surface area contributed by atoms with Gasteiger partial charge in [-0.15, -0.1) is 0 Å². The van der Waals surface area contributed by atoms with E-state index in [0.29, 0.717) is 4.77 Å². The van der Waals surface area contributed by atoms with E-state index in [-0.39, 0.29) is 11.7 Å². The van der Waals surface area contributed by atoms with Gasteiger partial charge >= 0.3 is 5.69 Å². The third kappa shape index (κ3) is 2.16. The number of rotatable bonds is 3. The van der Waals surface area contributed by atoms with E-state index < -0.39 is 0 Å². The summed E-state index contributed by atoms with van der Waals surface area (Å²) in [6.45, 7) is 1.92. The first kappa shape index (κ1) is 11.7. The summed E-state index contributed by atoms with van der Waals surface area (Å²) in [6.07, 6.45) is 0. The molecule has 0 radical (unpaired) electrons. The summed E-state index contributed by atoms with van der Waals surface area (Å²) >= 11 is 5.05. The molecule has 1 aromatic carbocycles. The summed E-state index contributed by atoms with van der Waals surface area (Å²) in [7, 11) is 1.62. The van der Waals surface area contributed by atoms with Gasteiger partial charge in [0.05, 0.1) is 13.2 Å². The van der Waals surface area contributed by atoms with Gasteiger partial charge in [0, 0.05) is 0 Å². The maximum Gasteiger partial charge on any atom is 0.342 e. The minimum atomic E-state index is -0.238. The summed E-state index contributed by atoms with van der Waals surface area (Å²) < 4.78 is 6.97. The Morgan fingerprint density at radius 1 is 1.29 bits per heavy atom. The molecule has 17 heavy (non-hydrogen) atoms. The van der Waals surface area contributed by atoms with Crippen LogP contribution in [0, 0.1) is 4.77 Å². The maximum atomic E-state index is 11.6. The molecule has 0 bridgehead atoms. The molecule has 0 spiro atoms. The Morgan fingerprint density at radius 3 is 2.41 bits per heavy atom. The van der Waals surface area contributed by atoms with Gasteiger partial charge in [-0.25, -0.2) is 9.89 Å². The van der Waals surface area contributed by atoms with Crippen molar-refractivity contribution in [3.63, 3.8) is 0 Å². The van der Waals surface area contributed by atoms with E-state index in [2.05, 4.69) is 10.2 Å². The van der Waals surface area contributed by atoms with E-state index in [0.717, 1.165) is 11.3 Å². The molecule has 0 amide bonds. The van der Waals surface area contributed by atoms with Crippen molar-refractivity contribution in [1.29, 1.82) is 0 Å². The molecule has 0 fully saturated rings. The molecule has 1 atom stereocenters. The first-order valence-electron chi connectivity index (χ1n) is 5.16. The molecular weight excluding hydrogens is 238 g/mol. The number of aromatic nitrogens is 3. The zero-order valence-corrected chi connectivity index (χ0v) is 10.4. The van der Waals surface area contributed by atoms with Gasteiger partial charge in [-0.3, -0.25) is 9.67 Å². The molecule has 90 valence electrons. The van der Waals surface area contributed by atoms with Crippen molar-refractivity contribution in [3.05, 3.63) is 45.1 Å². The Hall–Kier alpha value is -1.82. The number of aromatic amines is 2. The second-order valence-electron chi connectivity index (χ2n) is 3.68. The monoisotopic (exact) mass is 251 g/mol. The smallest absolute Gasteiger partial charge is 0.342 e. The van der Waals surface area contributed by atoms with E-state index in [4.69, 9.17) is 17.0 Å². The number of benzene rings is 1. The lowest BCUT2D eigenvalue weighted by molar-refractivity contribution is 0.414. The molecule has 0 aliphatic carbocycles. The van der Waals surface area contributed by atoms with Crippen LogP contribution in [-0.2, 0) is 0 Å². The highest BCUT2D eigenvalue weighted by Gasteiger charge is 2.11. The molecule has 0 saturated carbocycles. The minimum absolute atomic E-state index is 0.122. The molecule has 1 aromatic heterocycles. The van der Waals surface area contributed by atoms with Gasteiger partial charge in [0.2, 0.25) is 0 Å². The van der Waals surface area contributed by atoms with Crippen molar-refractivity contribution in [2.24, 2.45) is 0 Å². The molecule has 6 heteroatoms. The highest BCUT2D eigenvalue weighted by atomic mass is 32.1. The fourth-order valence-corrected chi connectivity index (χ4v) is 1.99. The van der Waals surface area contributed by atoms with Gasteiger partial charge in [-0.2, -0.15) is 0 Å². The number of ether oxygens (including phenoxy) is 1. The van der Waals surface area contributed by atoms with Crippen LogP contribution in [0.3, 0.4) is 0 Å². The molecule has 0 aliphatic rings. The van der Waals surface area contributed by atoms with Gasteiger partial charge in [0.25, 0.3) is 0 Å². The lowest BCUT2D eigenvalue weighted by Crippen LogP contribution is -2.21. The lowest BCUT2D eigenvalue weighted by atomic mass is 10.1. The van der Waals surface area contributed by atoms with Crippen LogP contribution in [0.5, 0.6) is 5.75 Å². The summed E-state index contributed by atoms with van der Waals surface area (Å²) in [6, 6.07) is 7.42. The lowest BCUT2D eigenvalue weighted by Gasteiger charge is -2.12. The first-order valence-corrected chi connectivity index (χ1v) is 5.57. The van der Waals surface area contributed by atoms with Crippen molar-refractivity contribution >= 4 is 12.2 Å². The van der Waals surface area contributed by atoms with Gasteiger partial charge in [-0.05, 0) is 36.8 Å². The van der Waals surface area contributed by atoms with Crippen molar-refractivity contribution in [1.82, 2.24) is 14.8 Å². The third-order valence-corrected chi connectivity index (χ3v) is 3.00. The van der Waals surface area contributed by atoms with Crippen LogP contribution in [0.2, 0.25) is 0 Å². The molecular formula is C11H13N3O2S. The van der Waals surface area contributed by atoms with Crippen LogP contribution in [0.4, 0.5) is 0 Å². The topological polar surface area (TPSA) is 62.8 Å². The Kier molecular flexibility index (Phi) is 3.14. The summed E-state index contributed by atoms with van der Waals surface area (Å²) in [5.74, 6) is 0.785. The molecule has 2 aromatic rings. The van der Waals surface area contributed by atoms with Gasteiger partial charge in [0.15, 0.2) is 4.77 Å². The standard InChI is InChI=1S/C11H13N3O2S/c1-7(14-10(15)12-13-11(14)17)8-3-5-9(16-2)6-4-8/h3-7H,1-2H3,(H,12,15)(H,13,17). The highest BCUT2D eigenvalue weighted by Crippen LogP contribution is 2.19. The number of hydrogen-bond acceptors (Lipinski definition) is 3. The number of nitrogens with zero attached hydrogens (tertiary/aromatic N) is 1. The molecule has 5 nitrogen and oxygen atoms in total. The largest absolute Gasteiger partial charge is 0.497 e. The molecule has 0 saturated heterocycles. The van der Waals surface area contributed by atoms with Crippen molar-refractivity contribution in [3.8, 4) is 5.75 Å². The number of methoxy groups -OCH3 is 1. The average molecular weight is 251 g/mol. The van der Waals surface area contributed by atoms with Gasteiger partial charge in [0.1, 0.15) is 5.75 Å². The second kappa shape index (κ2) is 4.58. The normalized spacial score (nSPS) is 12.4. The first-order chi connectivity index (χ1) is 8.13. The molecule has 0 aliphatic heterocycles. The minimum Gasteiger partial charge on any atom is -0.497 e. The van der Waals surface area contributed by atoms with Crippen LogP contribution in [0.25, 0.3) is 0 Å². The Bertz CT molecular complexity index is 581. The van der Waals surface area contributed by atoms with Crippen LogP contribution in [0.1, 0.15) is 18.5 Å². The van der Waals surface area contributed by atoms with Crippen molar-refractivity contribution < 1.29 is 4.74 Å². The number of H-pyrrole nitrogens is 2. The van der Waals surface area contributed by atoms with Crippen LogP contribution in [-0.4, -0.2) is 21.9 Å². The number of nitrogens with one attached hydrogen (secondary N) is 2. The van der Waals surface area contributed by atoms with E-state index in [1.807, 2.05) is 31.2 Å². The molecule has 1 heterocycles. The third-order valence-electron chi connectivity index (χ3n) is 2.70. The zero-order valence-electron chi connectivity index (χ0n) is 9.56. The van der Waals surface area contributed by atoms with E-state index in [1.165, 1.54) is 4.57 Å². The fourth-order valence-electron chi connectivity index (χ4n) is 1.70. The Balaban J connectivity index is 2.40. The summed E-state index contributed by atoms with van der Waals surface area (Å²) in [5, 5.41) is 5.09. The predicted molar refractivity (Wildman–Crippen MR) is 67.0 cm³/mol. The van der Waals surface area contributed by atoms with Crippen molar-refractivity contribution in [2.75, 3.05) is 7.11 Å². The quantitative estimate of drug-likeness (QED) is 0.818.